The van der Waals surface area contributed by atoms with Crippen LogP contribution in [-0.2, 0) is 17.8 Å². The minimum Gasteiger partial charge on any atom is -0.478 e. The minimum atomic E-state index is -1.36. The van der Waals surface area contributed by atoms with E-state index in [1.165, 1.54) is 12.1 Å². The number of rotatable bonds is 7. The van der Waals surface area contributed by atoms with E-state index in [0.717, 1.165) is 18.2 Å². The molecule has 31 heavy (non-hydrogen) atoms. The Morgan fingerprint density at radius 2 is 1.90 bits per heavy atom. The summed E-state index contributed by atoms with van der Waals surface area (Å²) in [5.41, 5.74) is 1.09. The molecular weight excluding hydrogens is 448 g/mol. The fourth-order valence-electron chi connectivity index (χ4n) is 3.24. The van der Waals surface area contributed by atoms with Crippen molar-refractivity contribution in [2.45, 2.75) is 19.2 Å². The lowest BCUT2D eigenvalue weighted by Crippen LogP contribution is -2.48. The molecule has 1 aliphatic rings. The van der Waals surface area contributed by atoms with Crippen molar-refractivity contribution in [2.75, 3.05) is 26.2 Å². The zero-order valence-electron chi connectivity index (χ0n) is 16.5. The van der Waals surface area contributed by atoms with Crippen LogP contribution in [0.2, 0.25) is 10.0 Å². The Hall–Kier alpha value is -2.39. The highest BCUT2D eigenvalue weighted by molar-refractivity contribution is 6.42. The van der Waals surface area contributed by atoms with Crippen molar-refractivity contribution in [1.29, 1.82) is 0 Å². The molecule has 0 spiro atoms. The maximum absolute atomic E-state index is 13.4. The topological polar surface area (TPSA) is 90.9 Å². The van der Waals surface area contributed by atoms with Gasteiger partial charge in [-0.25, -0.2) is 14.0 Å². The molecule has 1 saturated heterocycles. The fraction of sp³-hybridized carbons (Fsp3) is 0.333. The van der Waals surface area contributed by atoms with Crippen molar-refractivity contribution < 1.29 is 23.8 Å². The van der Waals surface area contributed by atoms with Gasteiger partial charge in [0.2, 0.25) is 0 Å². The number of carboxylic acid groups (broad SMARTS) is 1. The molecule has 7 nitrogen and oxygen atoms in total. The molecule has 0 unspecified atom stereocenters. The van der Waals surface area contributed by atoms with Crippen molar-refractivity contribution in [1.82, 2.24) is 15.5 Å². The Balaban J connectivity index is 1.44. The van der Waals surface area contributed by atoms with E-state index in [1.54, 1.807) is 6.07 Å². The second kappa shape index (κ2) is 10.8. The number of carbonyl (C=O) groups excluding carboxylic acids is 1. The van der Waals surface area contributed by atoms with Crippen LogP contribution >= 0.6 is 23.2 Å². The number of aromatic carboxylic acids is 1. The molecule has 2 aromatic rings. The number of nitrogens with zero attached hydrogens (tertiary/aromatic N) is 1. The van der Waals surface area contributed by atoms with Gasteiger partial charge < -0.3 is 20.5 Å². The van der Waals surface area contributed by atoms with E-state index in [9.17, 15) is 14.0 Å². The zero-order chi connectivity index (χ0) is 22.4. The lowest BCUT2D eigenvalue weighted by atomic mass is 10.1. The maximum Gasteiger partial charge on any atom is 0.338 e. The highest BCUT2D eigenvalue weighted by Gasteiger charge is 2.21. The van der Waals surface area contributed by atoms with Crippen molar-refractivity contribution >= 4 is 35.2 Å². The molecular formula is C21H22Cl2FN3O4. The van der Waals surface area contributed by atoms with Gasteiger partial charge in [-0.05, 0) is 35.4 Å². The Labute approximate surface area is 189 Å². The van der Waals surface area contributed by atoms with Crippen LogP contribution < -0.4 is 10.6 Å². The molecule has 1 fully saturated rings. The van der Waals surface area contributed by atoms with Crippen LogP contribution in [0.15, 0.2) is 36.4 Å². The van der Waals surface area contributed by atoms with Crippen molar-refractivity contribution in [2.24, 2.45) is 0 Å². The fourth-order valence-corrected chi connectivity index (χ4v) is 3.56. The van der Waals surface area contributed by atoms with Crippen LogP contribution in [0.5, 0.6) is 0 Å². The van der Waals surface area contributed by atoms with Crippen LogP contribution in [0, 0.1) is 5.82 Å². The van der Waals surface area contributed by atoms with E-state index in [4.69, 9.17) is 33.0 Å². The summed E-state index contributed by atoms with van der Waals surface area (Å²) in [7, 11) is 0. The Bertz CT molecular complexity index is 960. The lowest BCUT2D eigenvalue weighted by Gasteiger charge is -2.33. The van der Waals surface area contributed by atoms with E-state index in [0.29, 0.717) is 41.8 Å². The number of amides is 2. The molecule has 2 amide bonds. The quantitative estimate of drug-likeness (QED) is 0.576. The van der Waals surface area contributed by atoms with E-state index >= 15 is 0 Å². The lowest BCUT2D eigenvalue weighted by molar-refractivity contribution is -0.0287. The summed E-state index contributed by atoms with van der Waals surface area (Å²) in [6, 6.07) is 8.80. The van der Waals surface area contributed by atoms with Crippen molar-refractivity contribution in [3.63, 3.8) is 0 Å². The molecule has 0 saturated carbocycles. The number of ether oxygens (including phenoxy) is 1. The van der Waals surface area contributed by atoms with E-state index in [-0.39, 0.29) is 12.6 Å². The zero-order valence-corrected chi connectivity index (χ0v) is 18.0. The number of hydrogen-bond donors (Lipinski definition) is 3. The van der Waals surface area contributed by atoms with Gasteiger partial charge in [-0.2, -0.15) is 0 Å². The average Bonchev–Trinajstić information content (AvgIpc) is 2.74. The molecule has 1 atom stereocenters. The van der Waals surface area contributed by atoms with Crippen LogP contribution in [0.3, 0.4) is 0 Å². The summed E-state index contributed by atoms with van der Waals surface area (Å²) in [5, 5.41) is 15.4. The molecule has 3 rings (SSSR count). The maximum atomic E-state index is 13.4. The van der Waals surface area contributed by atoms with Gasteiger partial charge in [0.05, 0.1) is 28.3 Å². The summed E-state index contributed by atoms with van der Waals surface area (Å²) in [6.07, 6.45) is -0.174. The third-order valence-corrected chi connectivity index (χ3v) is 5.56. The van der Waals surface area contributed by atoms with Crippen LogP contribution in [0.25, 0.3) is 0 Å². The average molecular weight is 470 g/mol. The van der Waals surface area contributed by atoms with E-state index in [2.05, 4.69) is 15.5 Å². The van der Waals surface area contributed by atoms with Crippen LogP contribution in [0.4, 0.5) is 9.18 Å². The second-order valence-corrected chi connectivity index (χ2v) is 7.97. The largest absolute Gasteiger partial charge is 0.478 e. The number of urea groups is 1. The third-order valence-electron chi connectivity index (χ3n) is 4.82. The minimum absolute atomic E-state index is 0.0708. The van der Waals surface area contributed by atoms with E-state index in [1.807, 2.05) is 12.1 Å². The predicted molar refractivity (Wildman–Crippen MR) is 115 cm³/mol. The predicted octanol–water partition coefficient (Wildman–Crippen LogP) is 3.53. The SMILES string of the molecule is O=C(NCc1ccc(F)c(C(=O)O)c1)NC[C@H]1CN(Cc2ccc(Cl)c(Cl)c2)CCO1. The first-order chi connectivity index (χ1) is 14.8. The first-order valence-electron chi connectivity index (χ1n) is 9.63. The highest BCUT2D eigenvalue weighted by atomic mass is 35.5. The highest BCUT2D eigenvalue weighted by Crippen LogP contribution is 2.23. The standard InChI is InChI=1S/C21H22Cl2FN3O4/c22-17-3-1-14(8-18(17)23)11-27-5-6-31-15(12-27)10-26-21(30)25-9-13-2-4-19(24)16(7-13)20(28)29/h1-4,7-8,15H,5-6,9-12H2,(H,28,29)(H2,25,26,30)/t15-/m0/s1. The molecule has 10 heteroatoms. The van der Waals surface area contributed by atoms with E-state index < -0.39 is 23.4 Å². The van der Waals surface area contributed by atoms with Gasteiger partial charge in [-0.3, -0.25) is 4.90 Å². The van der Waals surface area contributed by atoms with Gasteiger partial charge in [0.25, 0.3) is 0 Å². The number of halogens is 3. The molecule has 1 heterocycles. The van der Waals surface area contributed by atoms with Crippen molar-refractivity contribution in [3.8, 4) is 0 Å². The summed E-state index contributed by atoms with van der Waals surface area (Å²) >= 11 is 12.0. The van der Waals surface area contributed by atoms with Gasteiger partial charge in [-0.1, -0.05) is 35.3 Å². The van der Waals surface area contributed by atoms with Crippen LogP contribution in [-0.4, -0.2) is 54.4 Å². The van der Waals surface area contributed by atoms with Gasteiger partial charge in [-0.15, -0.1) is 0 Å². The molecule has 1 aliphatic heterocycles. The third kappa shape index (κ3) is 6.80. The van der Waals surface area contributed by atoms with Crippen molar-refractivity contribution in [3.05, 3.63) is 69.0 Å². The molecule has 0 aliphatic carbocycles. The number of carboxylic acids is 1. The summed E-state index contributed by atoms with van der Waals surface area (Å²) < 4.78 is 19.2. The number of nitrogens with one attached hydrogen (secondary N) is 2. The summed E-state index contributed by atoms with van der Waals surface area (Å²) in [5.74, 6) is -2.18. The Morgan fingerprint density at radius 1 is 1.13 bits per heavy atom. The number of benzene rings is 2. The first kappa shape index (κ1) is 23.3. The number of hydrogen-bond acceptors (Lipinski definition) is 4. The van der Waals surface area contributed by atoms with Gasteiger partial charge >= 0.3 is 12.0 Å². The second-order valence-electron chi connectivity index (χ2n) is 7.16. The number of carbonyl (C=O) groups is 2. The molecule has 0 bridgehead atoms. The summed E-state index contributed by atoms with van der Waals surface area (Å²) in [4.78, 5) is 25.3. The molecule has 0 radical (unpaired) electrons. The van der Waals surface area contributed by atoms with Gasteiger partial charge in [0, 0.05) is 32.7 Å². The van der Waals surface area contributed by atoms with Crippen LogP contribution in [0.1, 0.15) is 21.5 Å². The molecule has 2 aromatic carbocycles. The Kier molecular flexibility index (Phi) is 8.09. The molecule has 166 valence electrons. The first-order valence-corrected chi connectivity index (χ1v) is 10.4. The molecule has 0 aromatic heterocycles. The van der Waals surface area contributed by atoms with Gasteiger partial charge in [0.1, 0.15) is 5.82 Å². The number of morpholine rings is 1. The molecule has 3 N–H and O–H groups in total. The Morgan fingerprint density at radius 3 is 2.65 bits per heavy atom. The smallest absolute Gasteiger partial charge is 0.338 e. The van der Waals surface area contributed by atoms with Gasteiger partial charge in [0.15, 0.2) is 0 Å². The normalized spacial score (nSPS) is 16.7. The summed E-state index contributed by atoms with van der Waals surface area (Å²) in [6.45, 7) is 3.02. The monoisotopic (exact) mass is 469 g/mol.